The minimum Gasteiger partial charge on any atom is -0.872 e. The number of methoxy groups -OCH3 is 1. The van der Waals surface area contributed by atoms with E-state index in [1.807, 2.05) is 31.6 Å². The standard InChI is InChI=1S/C21H23ClN2O4S/c1-23(2)9-5-10-24-18(16-6-4-11-29-16)17(20(26)21(24)27)19(25)13-7-8-15(28-3)14(22)12-13/h4,6-8,11-12,18,25H,5,9-10H2,1-3H3/b19-17+. The van der Waals surface area contributed by atoms with Crippen LogP contribution in [0.3, 0.4) is 0 Å². The molecule has 1 aliphatic heterocycles. The van der Waals surface area contributed by atoms with E-state index < -0.39 is 23.5 Å². The molecule has 2 aromatic rings. The van der Waals surface area contributed by atoms with E-state index in [1.54, 1.807) is 12.1 Å². The summed E-state index contributed by atoms with van der Waals surface area (Å²) in [5, 5.41) is 15.4. The fourth-order valence-electron chi connectivity index (χ4n) is 3.41. The topological polar surface area (TPSA) is 74.1 Å². The Balaban J connectivity index is 2.05. The summed E-state index contributed by atoms with van der Waals surface area (Å²) >= 11 is 7.58. The summed E-state index contributed by atoms with van der Waals surface area (Å²) in [5.41, 5.74) is 0.240. The molecule has 1 aromatic carbocycles. The van der Waals surface area contributed by atoms with Gasteiger partial charge in [0.15, 0.2) is 0 Å². The number of hydrogen-bond donors (Lipinski definition) is 1. The molecular weight excluding hydrogens is 412 g/mol. The highest BCUT2D eigenvalue weighted by Gasteiger charge is 2.44. The van der Waals surface area contributed by atoms with Crippen molar-refractivity contribution in [3.8, 4) is 5.75 Å². The summed E-state index contributed by atoms with van der Waals surface area (Å²) in [4.78, 5) is 29.2. The van der Waals surface area contributed by atoms with Gasteiger partial charge in [-0.25, -0.2) is 0 Å². The van der Waals surface area contributed by atoms with Crippen molar-refractivity contribution in [3.63, 3.8) is 0 Å². The summed E-state index contributed by atoms with van der Waals surface area (Å²) in [6.45, 7) is 1.27. The number of carbonyl (C=O) groups excluding carboxylic acids is 2. The number of hydrogen-bond acceptors (Lipinski definition) is 5. The molecule has 1 aromatic heterocycles. The first-order valence-corrected chi connectivity index (χ1v) is 10.5. The maximum absolute atomic E-state index is 13.3. The molecule has 2 heterocycles. The summed E-state index contributed by atoms with van der Waals surface area (Å²) in [6.07, 6.45) is 0.735. The van der Waals surface area contributed by atoms with E-state index in [9.17, 15) is 14.7 Å². The van der Waals surface area contributed by atoms with Crippen LogP contribution in [-0.4, -0.2) is 50.9 Å². The summed E-state index contributed by atoms with van der Waals surface area (Å²) in [7, 11) is 5.54. The molecule has 0 saturated carbocycles. The van der Waals surface area contributed by atoms with Gasteiger partial charge in [-0.1, -0.05) is 29.5 Å². The van der Waals surface area contributed by atoms with Gasteiger partial charge in [-0.2, -0.15) is 0 Å². The van der Waals surface area contributed by atoms with Gasteiger partial charge in [-0.15, -0.1) is 11.3 Å². The molecule has 1 amide bonds. The Hall–Kier alpha value is -2.35. The average Bonchev–Trinajstić information content (AvgIpc) is 3.29. The van der Waals surface area contributed by atoms with Crippen LogP contribution in [0.25, 0.3) is 5.76 Å². The first-order chi connectivity index (χ1) is 13.8. The number of quaternary nitrogens is 1. The van der Waals surface area contributed by atoms with Crippen molar-refractivity contribution in [1.29, 1.82) is 0 Å². The molecule has 0 spiro atoms. The van der Waals surface area contributed by atoms with Gasteiger partial charge in [0.1, 0.15) is 5.75 Å². The van der Waals surface area contributed by atoms with E-state index in [0.29, 0.717) is 12.3 Å². The lowest BCUT2D eigenvalue weighted by Crippen LogP contribution is -3.05. The molecule has 6 nitrogen and oxygen atoms in total. The highest BCUT2D eigenvalue weighted by atomic mass is 35.5. The molecule has 1 atom stereocenters. The second kappa shape index (κ2) is 8.98. The van der Waals surface area contributed by atoms with E-state index in [2.05, 4.69) is 0 Å². The maximum Gasteiger partial charge on any atom is 0.295 e. The Bertz CT molecular complexity index is 940. The van der Waals surface area contributed by atoms with Crippen molar-refractivity contribution in [3.05, 3.63) is 56.7 Å². The number of benzene rings is 1. The lowest BCUT2D eigenvalue weighted by Gasteiger charge is -2.26. The van der Waals surface area contributed by atoms with Gasteiger partial charge in [-0.05, 0) is 29.1 Å². The SMILES string of the molecule is COc1ccc(/C([O-])=C2\C(=O)C(=O)N(CCC[NH+](C)C)C2c2cccs2)cc1Cl. The Morgan fingerprint density at radius 3 is 2.66 bits per heavy atom. The van der Waals surface area contributed by atoms with E-state index in [1.165, 1.54) is 34.3 Å². The summed E-state index contributed by atoms with van der Waals surface area (Å²) in [6, 6.07) is 7.63. The molecule has 1 fully saturated rings. The van der Waals surface area contributed by atoms with Crippen LogP contribution in [0.15, 0.2) is 41.3 Å². The van der Waals surface area contributed by atoms with Gasteiger partial charge in [0.2, 0.25) is 5.78 Å². The predicted octanol–water partition coefficient (Wildman–Crippen LogP) is 1.17. The maximum atomic E-state index is 13.3. The third-order valence-electron chi connectivity index (χ3n) is 4.83. The van der Waals surface area contributed by atoms with E-state index in [0.717, 1.165) is 17.8 Å². The highest BCUT2D eigenvalue weighted by Crippen LogP contribution is 2.41. The molecule has 0 bridgehead atoms. The number of ether oxygens (including phenoxy) is 1. The third-order valence-corrected chi connectivity index (χ3v) is 6.05. The van der Waals surface area contributed by atoms with E-state index in [-0.39, 0.29) is 16.2 Å². The second-order valence-corrected chi connectivity index (χ2v) is 8.53. The van der Waals surface area contributed by atoms with Crippen LogP contribution < -0.4 is 14.7 Å². The molecule has 1 aliphatic rings. The molecule has 0 radical (unpaired) electrons. The highest BCUT2D eigenvalue weighted by molar-refractivity contribution is 7.10. The van der Waals surface area contributed by atoms with Gasteiger partial charge >= 0.3 is 0 Å². The molecular formula is C21H23ClN2O4S. The average molecular weight is 435 g/mol. The zero-order chi connectivity index (χ0) is 21.1. The molecule has 0 aliphatic carbocycles. The number of thiophene rings is 1. The van der Waals surface area contributed by atoms with Crippen molar-refractivity contribution in [1.82, 2.24) is 4.90 Å². The fraction of sp³-hybridized carbons (Fsp3) is 0.333. The molecule has 1 N–H and O–H groups in total. The molecule has 1 saturated heterocycles. The smallest absolute Gasteiger partial charge is 0.295 e. The number of rotatable bonds is 7. The van der Waals surface area contributed by atoms with Gasteiger partial charge in [-0.3, -0.25) is 9.59 Å². The monoisotopic (exact) mass is 434 g/mol. The van der Waals surface area contributed by atoms with Crippen molar-refractivity contribution in [2.45, 2.75) is 12.5 Å². The van der Waals surface area contributed by atoms with Crippen molar-refractivity contribution >= 4 is 40.4 Å². The number of likely N-dealkylation sites (tertiary alicyclic amines) is 1. The van der Waals surface area contributed by atoms with Gasteiger partial charge in [0.25, 0.3) is 5.91 Å². The fourth-order valence-corrected chi connectivity index (χ4v) is 4.51. The quantitative estimate of drug-likeness (QED) is 0.403. The molecule has 8 heteroatoms. The van der Waals surface area contributed by atoms with Crippen LogP contribution in [-0.2, 0) is 9.59 Å². The number of carbonyl (C=O) groups is 2. The van der Waals surface area contributed by atoms with Gasteiger partial charge < -0.3 is 19.6 Å². The van der Waals surface area contributed by atoms with Crippen LogP contribution in [0.2, 0.25) is 5.02 Å². The largest absolute Gasteiger partial charge is 0.872 e. The predicted molar refractivity (Wildman–Crippen MR) is 111 cm³/mol. The van der Waals surface area contributed by atoms with Gasteiger partial charge in [0.05, 0.1) is 38.8 Å². The Morgan fingerprint density at radius 2 is 2.07 bits per heavy atom. The van der Waals surface area contributed by atoms with E-state index in [4.69, 9.17) is 16.3 Å². The second-order valence-electron chi connectivity index (χ2n) is 7.15. The van der Waals surface area contributed by atoms with Crippen LogP contribution in [0, 0.1) is 0 Å². The minimum atomic E-state index is -0.738. The van der Waals surface area contributed by atoms with Crippen LogP contribution in [0.1, 0.15) is 22.9 Å². The molecule has 154 valence electrons. The Kier molecular flexibility index (Phi) is 6.62. The molecule has 3 rings (SSSR count). The number of nitrogens with one attached hydrogen (secondary N) is 1. The number of Topliss-reactive ketones (excluding diaryl/α,β-unsaturated/α-hetero) is 1. The minimum absolute atomic E-state index is 0.0177. The van der Waals surface area contributed by atoms with Crippen LogP contribution >= 0.6 is 22.9 Å². The zero-order valence-corrected chi connectivity index (χ0v) is 18.1. The van der Waals surface area contributed by atoms with Crippen molar-refractivity contribution < 1.29 is 24.3 Å². The summed E-state index contributed by atoms with van der Waals surface area (Å²) < 4.78 is 5.12. The first kappa shape index (κ1) is 21.4. The zero-order valence-electron chi connectivity index (χ0n) is 16.5. The van der Waals surface area contributed by atoms with Crippen LogP contribution in [0.4, 0.5) is 0 Å². The lowest BCUT2D eigenvalue weighted by atomic mass is 9.99. The summed E-state index contributed by atoms with van der Waals surface area (Å²) in [5.74, 6) is -1.41. The van der Waals surface area contributed by atoms with Crippen molar-refractivity contribution in [2.24, 2.45) is 0 Å². The lowest BCUT2D eigenvalue weighted by molar-refractivity contribution is -0.858. The van der Waals surface area contributed by atoms with Crippen LogP contribution in [0.5, 0.6) is 5.75 Å². The Labute approximate surface area is 179 Å². The van der Waals surface area contributed by atoms with Gasteiger partial charge in [0, 0.05) is 23.4 Å². The number of amides is 1. The molecule has 29 heavy (non-hydrogen) atoms. The third kappa shape index (κ3) is 4.32. The van der Waals surface area contributed by atoms with Crippen molar-refractivity contribution in [2.75, 3.05) is 34.3 Å². The van der Waals surface area contributed by atoms with E-state index >= 15 is 0 Å². The molecule has 1 unspecified atom stereocenters. The number of nitrogens with zero attached hydrogens (tertiary/aromatic N) is 1. The number of ketones is 1. The number of halogens is 1. The first-order valence-electron chi connectivity index (χ1n) is 9.28. The Morgan fingerprint density at radius 1 is 1.31 bits per heavy atom. The normalized spacial score (nSPS) is 18.7.